The molecule has 28 heavy (non-hydrogen) atoms. The van der Waals surface area contributed by atoms with Crippen LogP contribution in [0.2, 0.25) is 5.02 Å². The lowest BCUT2D eigenvalue weighted by molar-refractivity contribution is 0.186. The predicted molar refractivity (Wildman–Crippen MR) is 107 cm³/mol. The van der Waals surface area contributed by atoms with Gasteiger partial charge >= 0.3 is 0 Å². The molecule has 3 aromatic rings. The van der Waals surface area contributed by atoms with E-state index in [0.717, 1.165) is 36.9 Å². The molecule has 0 bridgehead atoms. The van der Waals surface area contributed by atoms with Crippen molar-refractivity contribution in [2.75, 3.05) is 4.72 Å². The number of rotatable bonds is 6. The van der Waals surface area contributed by atoms with Crippen LogP contribution in [0.15, 0.2) is 47.9 Å². The van der Waals surface area contributed by atoms with E-state index in [0.29, 0.717) is 16.5 Å². The van der Waals surface area contributed by atoms with Crippen LogP contribution in [0.3, 0.4) is 0 Å². The quantitative estimate of drug-likeness (QED) is 0.577. The van der Waals surface area contributed by atoms with Gasteiger partial charge in [-0.25, -0.2) is 14.4 Å². The number of hydrogen-bond donors (Lipinski definition) is 1. The molecule has 2 heterocycles. The molecule has 0 aliphatic heterocycles. The first-order chi connectivity index (χ1) is 13.6. The average Bonchev–Trinajstić information content (AvgIpc) is 3.34. The number of nitrogens with one attached hydrogen (secondary N) is 1. The highest BCUT2D eigenvalue weighted by Crippen LogP contribution is 2.40. The Bertz CT molecular complexity index is 955. The highest BCUT2D eigenvalue weighted by atomic mass is 35.5. The van der Waals surface area contributed by atoms with Crippen molar-refractivity contribution in [2.24, 2.45) is 7.05 Å². The summed E-state index contributed by atoms with van der Waals surface area (Å²) in [5.41, 5.74) is 1.13. The monoisotopic (exact) mass is 419 g/mol. The largest absolute Gasteiger partial charge is 0.488 e. The molecule has 1 aromatic carbocycles. The predicted octanol–water partition coefficient (Wildman–Crippen LogP) is 4.84. The van der Waals surface area contributed by atoms with Crippen LogP contribution >= 0.6 is 23.5 Å². The van der Waals surface area contributed by atoms with Crippen LogP contribution in [0, 0.1) is 5.82 Å². The molecule has 0 amide bonds. The van der Waals surface area contributed by atoms with E-state index in [-0.39, 0.29) is 17.0 Å². The summed E-state index contributed by atoms with van der Waals surface area (Å²) in [5, 5.41) is 4.24. The zero-order chi connectivity index (χ0) is 19.5. The number of nitrogens with zero attached hydrogens (tertiary/aromatic N) is 4. The zero-order valence-corrected chi connectivity index (χ0v) is 16.8. The molecule has 0 saturated heterocycles. The maximum absolute atomic E-state index is 14.8. The van der Waals surface area contributed by atoms with Gasteiger partial charge in [0.1, 0.15) is 29.0 Å². The van der Waals surface area contributed by atoms with Crippen molar-refractivity contribution >= 4 is 29.4 Å². The third-order valence-electron chi connectivity index (χ3n) is 4.83. The van der Waals surface area contributed by atoms with Gasteiger partial charge in [-0.1, -0.05) is 11.6 Å². The number of hydrogen-bond acceptors (Lipinski definition) is 6. The molecule has 6 nitrogen and oxygen atoms in total. The Morgan fingerprint density at radius 1 is 1.25 bits per heavy atom. The minimum Gasteiger partial charge on any atom is -0.488 e. The van der Waals surface area contributed by atoms with Crippen molar-refractivity contribution in [3.8, 4) is 5.75 Å². The maximum Gasteiger partial charge on any atom is 0.160 e. The van der Waals surface area contributed by atoms with Crippen LogP contribution in [0.1, 0.15) is 30.9 Å². The summed E-state index contributed by atoms with van der Waals surface area (Å²) in [4.78, 5) is 8.25. The van der Waals surface area contributed by atoms with Gasteiger partial charge in [-0.15, -0.1) is 0 Å². The normalized spacial score (nSPS) is 19.0. The SMILES string of the molecule is Cn1nccc1C1CCC[C@@H]1Oc1ccc(SNc2ccncn2)c(F)c1Cl. The van der Waals surface area contributed by atoms with Gasteiger partial charge in [-0.2, -0.15) is 5.10 Å². The Balaban J connectivity index is 1.48. The molecule has 2 atom stereocenters. The second-order valence-corrected chi connectivity index (χ2v) is 7.79. The van der Waals surface area contributed by atoms with Crippen LogP contribution < -0.4 is 9.46 Å². The van der Waals surface area contributed by atoms with Crippen molar-refractivity contribution in [1.29, 1.82) is 0 Å². The number of anilines is 1. The first-order valence-electron chi connectivity index (χ1n) is 8.95. The van der Waals surface area contributed by atoms with E-state index in [1.165, 1.54) is 6.33 Å². The lowest BCUT2D eigenvalue weighted by Crippen LogP contribution is -2.22. The van der Waals surface area contributed by atoms with Gasteiger partial charge in [-0.05, 0) is 55.5 Å². The second kappa shape index (κ2) is 8.36. The van der Waals surface area contributed by atoms with Gasteiger partial charge in [0.05, 0.1) is 4.90 Å². The van der Waals surface area contributed by atoms with Crippen molar-refractivity contribution in [3.63, 3.8) is 0 Å². The Hall–Kier alpha value is -2.32. The lowest BCUT2D eigenvalue weighted by Gasteiger charge is -2.22. The molecule has 1 saturated carbocycles. The standard InChI is InChI=1S/C19H19ClFN5OS/c1-26-13(7-10-24-26)12-3-2-4-14(12)27-15-5-6-16(19(21)18(15)20)28-25-17-8-9-22-11-23-17/h5-12,14H,2-4H2,1H3,(H,22,23,25)/t12?,14-/m0/s1. The molecule has 1 unspecified atom stereocenters. The van der Waals surface area contributed by atoms with E-state index < -0.39 is 5.82 Å². The zero-order valence-electron chi connectivity index (χ0n) is 15.2. The fourth-order valence-corrected chi connectivity index (χ4v) is 4.39. The fraction of sp³-hybridized carbons (Fsp3) is 0.316. The van der Waals surface area contributed by atoms with Crippen LogP contribution in [0.5, 0.6) is 5.75 Å². The molecule has 1 aliphatic carbocycles. The Kier molecular flexibility index (Phi) is 5.68. The van der Waals surface area contributed by atoms with Gasteiger partial charge in [0.2, 0.25) is 0 Å². The van der Waals surface area contributed by atoms with E-state index in [1.807, 2.05) is 17.8 Å². The third kappa shape index (κ3) is 3.93. The maximum atomic E-state index is 14.8. The highest BCUT2D eigenvalue weighted by molar-refractivity contribution is 8.00. The molecule has 1 aliphatic rings. The van der Waals surface area contributed by atoms with Crippen molar-refractivity contribution in [2.45, 2.75) is 36.2 Å². The Morgan fingerprint density at radius 2 is 2.14 bits per heavy atom. The average molecular weight is 420 g/mol. The van der Waals surface area contributed by atoms with E-state index in [4.69, 9.17) is 16.3 Å². The first kappa shape index (κ1) is 19.0. The van der Waals surface area contributed by atoms with E-state index in [2.05, 4.69) is 19.8 Å². The number of aryl methyl sites for hydroxylation is 1. The number of benzene rings is 1. The van der Waals surface area contributed by atoms with Crippen molar-refractivity contribution in [3.05, 3.63) is 59.5 Å². The summed E-state index contributed by atoms with van der Waals surface area (Å²) in [5.74, 6) is 0.659. The summed E-state index contributed by atoms with van der Waals surface area (Å²) in [6.07, 6.45) is 7.73. The summed E-state index contributed by atoms with van der Waals surface area (Å²) >= 11 is 7.38. The first-order valence-corrected chi connectivity index (χ1v) is 10.1. The molecule has 4 rings (SSSR count). The van der Waals surface area contributed by atoms with Crippen LogP contribution in [0.25, 0.3) is 0 Å². The summed E-state index contributed by atoms with van der Waals surface area (Å²) in [7, 11) is 1.92. The molecule has 1 N–H and O–H groups in total. The van der Waals surface area contributed by atoms with Crippen LogP contribution in [-0.4, -0.2) is 25.9 Å². The lowest BCUT2D eigenvalue weighted by atomic mass is 10.0. The summed E-state index contributed by atoms with van der Waals surface area (Å²) in [6, 6.07) is 7.08. The topological polar surface area (TPSA) is 64.9 Å². The third-order valence-corrected chi connectivity index (χ3v) is 6.03. The van der Waals surface area contributed by atoms with Gasteiger partial charge in [0, 0.05) is 31.1 Å². The minimum atomic E-state index is -0.513. The van der Waals surface area contributed by atoms with Gasteiger partial charge < -0.3 is 9.46 Å². The smallest absolute Gasteiger partial charge is 0.160 e. The molecule has 9 heteroatoms. The molecular weight excluding hydrogens is 401 g/mol. The van der Waals surface area contributed by atoms with E-state index >= 15 is 0 Å². The van der Waals surface area contributed by atoms with Crippen LogP contribution in [0.4, 0.5) is 10.2 Å². The molecule has 2 aromatic heterocycles. The van der Waals surface area contributed by atoms with Gasteiger partial charge in [-0.3, -0.25) is 4.68 Å². The van der Waals surface area contributed by atoms with Gasteiger partial charge in [0.15, 0.2) is 5.82 Å². The highest BCUT2D eigenvalue weighted by Gasteiger charge is 2.33. The molecule has 0 radical (unpaired) electrons. The summed E-state index contributed by atoms with van der Waals surface area (Å²) in [6.45, 7) is 0. The van der Waals surface area contributed by atoms with E-state index in [9.17, 15) is 4.39 Å². The second-order valence-electron chi connectivity index (χ2n) is 6.56. The number of ether oxygens (including phenoxy) is 1. The van der Waals surface area contributed by atoms with Crippen molar-refractivity contribution < 1.29 is 9.13 Å². The number of aromatic nitrogens is 4. The molecule has 0 spiro atoms. The van der Waals surface area contributed by atoms with E-state index in [1.54, 1.807) is 30.6 Å². The summed E-state index contributed by atoms with van der Waals surface area (Å²) < 4.78 is 25.7. The molecular formula is C19H19ClFN5OS. The van der Waals surface area contributed by atoms with Crippen LogP contribution in [-0.2, 0) is 7.05 Å². The molecule has 1 fully saturated rings. The van der Waals surface area contributed by atoms with Crippen molar-refractivity contribution in [1.82, 2.24) is 19.7 Å². The minimum absolute atomic E-state index is 0.00913. The fourth-order valence-electron chi connectivity index (χ4n) is 3.46. The Labute approximate surface area is 171 Å². The Morgan fingerprint density at radius 3 is 2.89 bits per heavy atom. The molecule has 146 valence electrons. The number of halogens is 2. The van der Waals surface area contributed by atoms with Gasteiger partial charge in [0.25, 0.3) is 0 Å².